The normalized spacial score (nSPS) is 13.2. The molecular weight excluding hydrogens is 669 g/mol. The van der Waals surface area contributed by atoms with E-state index in [0.29, 0.717) is 23.4 Å². The largest absolute Gasteiger partial charge is 0.436 e. The molecule has 0 spiro atoms. The van der Waals surface area contributed by atoms with Gasteiger partial charge < -0.3 is 4.42 Å². The van der Waals surface area contributed by atoms with E-state index in [9.17, 15) is 0 Å². The molecule has 3 aromatic heterocycles. The van der Waals surface area contributed by atoms with E-state index in [2.05, 4.69) is 105 Å². The molecule has 53 heavy (non-hydrogen) atoms. The molecule has 0 amide bonds. The molecular formula is C47H30N4OS. The van der Waals surface area contributed by atoms with Gasteiger partial charge in [0.05, 0.1) is 0 Å². The van der Waals surface area contributed by atoms with Gasteiger partial charge in [0, 0.05) is 47.8 Å². The highest BCUT2D eigenvalue weighted by molar-refractivity contribution is 7.26. The molecule has 0 bridgehead atoms. The second-order valence-electron chi connectivity index (χ2n) is 14.3. The van der Waals surface area contributed by atoms with Gasteiger partial charge in [0.25, 0.3) is 0 Å². The number of oxazole rings is 1. The van der Waals surface area contributed by atoms with Crippen LogP contribution in [-0.2, 0) is 5.41 Å². The van der Waals surface area contributed by atoms with E-state index in [1.165, 1.54) is 37.0 Å². The van der Waals surface area contributed by atoms with Crippen molar-refractivity contribution in [2.75, 3.05) is 0 Å². The van der Waals surface area contributed by atoms with Crippen molar-refractivity contribution in [1.82, 2.24) is 19.9 Å². The molecule has 0 fully saturated rings. The van der Waals surface area contributed by atoms with Gasteiger partial charge in [-0.25, -0.2) is 19.9 Å². The van der Waals surface area contributed by atoms with Gasteiger partial charge in [0.15, 0.2) is 23.1 Å². The van der Waals surface area contributed by atoms with Crippen LogP contribution < -0.4 is 0 Å². The van der Waals surface area contributed by atoms with Gasteiger partial charge in [-0.05, 0) is 75.5 Å². The molecule has 7 aromatic carbocycles. The number of aromatic nitrogens is 4. The number of thiophene rings is 1. The van der Waals surface area contributed by atoms with Crippen LogP contribution in [0.5, 0.6) is 0 Å². The van der Waals surface area contributed by atoms with E-state index in [1.54, 1.807) is 11.3 Å². The zero-order chi connectivity index (χ0) is 35.3. The number of hydrogen-bond acceptors (Lipinski definition) is 6. The zero-order valence-electron chi connectivity index (χ0n) is 29.0. The lowest BCUT2D eigenvalue weighted by atomic mass is 9.82. The Balaban J connectivity index is 1.11. The highest BCUT2D eigenvalue weighted by Gasteiger charge is 2.35. The summed E-state index contributed by atoms with van der Waals surface area (Å²) in [5.41, 5.74) is 10.5. The van der Waals surface area contributed by atoms with Crippen LogP contribution in [0.2, 0.25) is 0 Å². The average molecular weight is 699 g/mol. The molecule has 11 rings (SSSR count). The van der Waals surface area contributed by atoms with Crippen molar-refractivity contribution in [3.8, 4) is 56.7 Å². The summed E-state index contributed by atoms with van der Waals surface area (Å²) in [6, 6.07) is 50.8. The van der Waals surface area contributed by atoms with Gasteiger partial charge in [0.1, 0.15) is 5.52 Å². The summed E-state index contributed by atoms with van der Waals surface area (Å²) in [5.74, 6) is 2.55. The van der Waals surface area contributed by atoms with Gasteiger partial charge >= 0.3 is 0 Å². The minimum absolute atomic E-state index is 0.135. The molecule has 0 radical (unpaired) electrons. The predicted molar refractivity (Wildman–Crippen MR) is 217 cm³/mol. The van der Waals surface area contributed by atoms with Crippen molar-refractivity contribution in [3.63, 3.8) is 0 Å². The highest BCUT2D eigenvalue weighted by atomic mass is 32.1. The van der Waals surface area contributed by atoms with Crippen LogP contribution in [0.25, 0.3) is 98.8 Å². The van der Waals surface area contributed by atoms with E-state index in [-0.39, 0.29) is 5.41 Å². The van der Waals surface area contributed by atoms with Crippen LogP contribution in [0.15, 0.2) is 150 Å². The maximum absolute atomic E-state index is 6.32. The van der Waals surface area contributed by atoms with Gasteiger partial charge in [-0.1, -0.05) is 117 Å². The number of benzene rings is 7. The number of nitrogens with zero attached hydrogens (tertiary/aromatic N) is 4. The summed E-state index contributed by atoms with van der Waals surface area (Å²) >= 11 is 1.78. The molecule has 250 valence electrons. The summed E-state index contributed by atoms with van der Waals surface area (Å²) in [4.78, 5) is 20.5. The summed E-state index contributed by atoms with van der Waals surface area (Å²) < 4.78 is 8.69. The van der Waals surface area contributed by atoms with Crippen LogP contribution in [0, 0.1) is 0 Å². The number of fused-ring (bicyclic) bond motifs is 10. The van der Waals surface area contributed by atoms with Gasteiger partial charge in [-0.3, -0.25) is 0 Å². The first-order chi connectivity index (χ1) is 26.0. The molecule has 5 nitrogen and oxygen atoms in total. The summed E-state index contributed by atoms with van der Waals surface area (Å²) in [7, 11) is 0. The predicted octanol–water partition coefficient (Wildman–Crippen LogP) is 12.5. The second kappa shape index (κ2) is 11.2. The van der Waals surface area contributed by atoms with Crippen LogP contribution in [0.1, 0.15) is 25.0 Å². The first-order valence-corrected chi connectivity index (χ1v) is 18.6. The van der Waals surface area contributed by atoms with Crippen LogP contribution >= 0.6 is 11.3 Å². The lowest BCUT2D eigenvalue weighted by Gasteiger charge is -2.21. The van der Waals surface area contributed by atoms with Gasteiger partial charge in [-0.15, -0.1) is 11.3 Å². The third kappa shape index (κ3) is 4.62. The Morgan fingerprint density at radius 1 is 0.491 bits per heavy atom. The summed E-state index contributed by atoms with van der Waals surface area (Å²) in [5, 5.41) is 4.55. The molecule has 3 heterocycles. The fourth-order valence-electron chi connectivity index (χ4n) is 8.10. The number of hydrogen-bond donors (Lipinski definition) is 0. The van der Waals surface area contributed by atoms with Gasteiger partial charge in [-0.2, -0.15) is 0 Å². The third-order valence-corrected chi connectivity index (χ3v) is 11.9. The fraction of sp³-hybridized carbons (Fsp3) is 0.0638. The molecule has 0 saturated carbocycles. The SMILES string of the molecule is CC1(C)c2ccccc2-c2ccc(-c3nc(-c4ccccc4)nc(-c4ccc5ccc6sc7ccc8oc(-c9ccccc9)nc8c7c6c5c4)n3)cc21. The minimum atomic E-state index is -0.135. The smallest absolute Gasteiger partial charge is 0.227 e. The van der Waals surface area contributed by atoms with Crippen molar-refractivity contribution in [1.29, 1.82) is 0 Å². The van der Waals surface area contributed by atoms with Crippen molar-refractivity contribution in [2.24, 2.45) is 0 Å². The zero-order valence-corrected chi connectivity index (χ0v) is 29.8. The lowest BCUT2D eigenvalue weighted by molar-refractivity contribution is 0.620. The maximum Gasteiger partial charge on any atom is 0.227 e. The fourth-order valence-corrected chi connectivity index (χ4v) is 9.22. The quantitative estimate of drug-likeness (QED) is 0.183. The van der Waals surface area contributed by atoms with Crippen LogP contribution in [0.3, 0.4) is 0 Å². The summed E-state index contributed by atoms with van der Waals surface area (Å²) in [6.45, 7) is 4.60. The van der Waals surface area contributed by atoms with Crippen LogP contribution in [0.4, 0.5) is 0 Å². The maximum atomic E-state index is 6.32. The van der Waals surface area contributed by atoms with E-state index < -0.39 is 0 Å². The monoisotopic (exact) mass is 698 g/mol. The average Bonchev–Trinajstić information content (AvgIpc) is 3.89. The van der Waals surface area contributed by atoms with Crippen molar-refractivity contribution in [2.45, 2.75) is 19.3 Å². The Morgan fingerprint density at radius 3 is 1.89 bits per heavy atom. The van der Waals surface area contributed by atoms with E-state index in [1.807, 2.05) is 54.6 Å². The topological polar surface area (TPSA) is 64.7 Å². The van der Waals surface area contributed by atoms with E-state index >= 15 is 0 Å². The molecule has 0 N–H and O–H groups in total. The standard InChI is InChI=1S/C47H30N4OS/c1-47(2)35-16-10-9-15-32(35)33-21-19-31(26-36(33)47)45-50-43(28-11-5-3-6-12-28)49-44(51-45)30-18-17-27-20-23-38-40(34(27)25-30)41-39(53-38)24-22-37-42(41)48-46(52-37)29-13-7-4-8-14-29/h3-26H,1-2H3. The Morgan fingerprint density at radius 2 is 1.09 bits per heavy atom. The Bertz CT molecular complexity index is 3090. The molecule has 0 unspecified atom stereocenters. The van der Waals surface area contributed by atoms with E-state index in [0.717, 1.165) is 49.5 Å². The first-order valence-electron chi connectivity index (χ1n) is 17.8. The molecule has 0 aliphatic heterocycles. The Hall–Kier alpha value is -6.50. The molecule has 0 atom stereocenters. The Kier molecular flexibility index (Phi) is 6.40. The third-order valence-electron chi connectivity index (χ3n) is 10.8. The first kappa shape index (κ1) is 30.2. The Labute approximate surface area is 309 Å². The minimum Gasteiger partial charge on any atom is -0.436 e. The lowest BCUT2D eigenvalue weighted by Crippen LogP contribution is -2.15. The molecule has 6 heteroatoms. The van der Waals surface area contributed by atoms with E-state index in [4.69, 9.17) is 24.4 Å². The second-order valence-corrected chi connectivity index (χ2v) is 15.3. The van der Waals surface area contributed by atoms with Crippen molar-refractivity contribution >= 4 is 53.4 Å². The molecule has 10 aromatic rings. The highest BCUT2D eigenvalue weighted by Crippen LogP contribution is 2.49. The molecule has 1 aliphatic rings. The summed E-state index contributed by atoms with van der Waals surface area (Å²) in [6.07, 6.45) is 0. The van der Waals surface area contributed by atoms with Crippen molar-refractivity contribution in [3.05, 3.63) is 157 Å². The molecule has 1 aliphatic carbocycles. The number of rotatable bonds is 4. The van der Waals surface area contributed by atoms with Crippen LogP contribution in [-0.4, -0.2) is 19.9 Å². The molecule has 0 saturated heterocycles. The van der Waals surface area contributed by atoms with Crippen molar-refractivity contribution < 1.29 is 4.42 Å². The van der Waals surface area contributed by atoms with Gasteiger partial charge in [0.2, 0.25) is 5.89 Å².